The molecule has 2 heteroatoms. The Balaban J connectivity index is 2.33. The second kappa shape index (κ2) is 6.01. The standard InChI is InChI=1S/C11H20N2/c1-3-4-10-13(2)11-6-5-8-12-9-7-11/h11-12H,5-10H2,1-2H3. The Hall–Kier alpha value is -0.520. The molecule has 1 rings (SSSR count). The molecule has 0 spiro atoms. The molecule has 2 nitrogen and oxygen atoms in total. The Bertz CT molecular complexity index is 182. The van der Waals surface area contributed by atoms with Crippen LogP contribution in [-0.4, -0.2) is 37.6 Å². The van der Waals surface area contributed by atoms with Crippen LogP contribution in [-0.2, 0) is 0 Å². The molecule has 0 aromatic carbocycles. The molecule has 13 heavy (non-hydrogen) atoms. The van der Waals surface area contributed by atoms with Gasteiger partial charge in [-0.3, -0.25) is 4.90 Å². The SMILES string of the molecule is CC#CCN(C)C1CCCNCC1. The number of hydrogen-bond acceptors (Lipinski definition) is 2. The lowest BCUT2D eigenvalue weighted by atomic mass is 10.1. The van der Waals surface area contributed by atoms with Crippen molar-refractivity contribution in [1.29, 1.82) is 0 Å². The van der Waals surface area contributed by atoms with E-state index < -0.39 is 0 Å². The van der Waals surface area contributed by atoms with Gasteiger partial charge in [-0.25, -0.2) is 0 Å². The third kappa shape index (κ3) is 3.80. The molecule has 0 aromatic rings. The summed E-state index contributed by atoms with van der Waals surface area (Å²) in [5, 5.41) is 3.43. The van der Waals surface area contributed by atoms with Crippen LogP contribution in [0.1, 0.15) is 26.2 Å². The Morgan fingerprint density at radius 3 is 3.00 bits per heavy atom. The first-order valence-corrected chi connectivity index (χ1v) is 5.15. The smallest absolute Gasteiger partial charge is 0.0601 e. The van der Waals surface area contributed by atoms with E-state index in [4.69, 9.17) is 0 Å². The van der Waals surface area contributed by atoms with E-state index in [9.17, 15) is 0 Å². The highest BCUT2D eigenvalue weighted by atomic mass is 15.1. The van der Waals surface area contributed by atoms with Crippen LogP contribution in [0.4, 0.5) is 0 Å². The molecule has 0 saturated carbocycles. The van der Waals surface area contributed by atoms with Crippen LogP contribution in [0.25, 0.3) is 0 Å². The summed E-state index contributed by atoms with van der Waals surface area (Å²) in [5.74, 6) is 6.07. The summed E-state index contributed by atoms with van der Waals surface area (Å²) in [6.07, 6.45) is 3.88. The maximum Gasteiger partial charge on any atom is 0.0601 e. The average Bonchev–Trinajstić information content (AvgIpc) is 2.42. The van der Waals surface area contributed by atoms with Gasteiger partial charge in [0.25, 0.3) is 0 Å². The largest absolute Gasteiger partial charge is 0.317 e. The minimum absolute atomic E-state index is 0.732. The quantitative estimate of drug-likeness (QED) is 0.640. The van der Waals surface area contributed by atoms with Crippen molar-refractivity contribution in [3.05, 3.63) is 0 Å². The molecule has 0 aromatic heterocycles. The zero-order valence-corrected chi connectivity index (χ0v) is 8.77. The van der Waals surface area contributed by atoms with Gasteiger partial charge in [-0.2, -0.15) is 0 Å². The molecule has 1 aliphatic rings. The minimum Gasteiger partial charge on any atom is -0.317 e. The summed E-state index contributed by atoms with van der Waals surface area (Å²) in [4.78, 5) is 2.38. The Morgan fingerprint density at radius 2 is 2.23 bits per heavy atom. The van der Waals surface area contributed by atoms with E-state index in [0.717, 1.165) is 19.1 Å². The topological polar surface area (TPSA) is 15.3 Å². The predicted octanol–water partition coefficient (Wildman–Crippen LogP) is 1.08. The van der Waals surface area contributed by atoms with Gasteiger partial charge in [0.2, 0.25) is 0 Å². The van der Waals surface area contributed by atoms with E-state index in [1.165, 1.54) is 25.8 Å². The third-order valence-electron chi connectivity index (χ3n) is 2.67. The molecular weight excluding hydrogens is 160 g/mol. The van der Waals surface area contributed by atoms with Crippen molar-refractivity contribution in [1.82, 2.24) is 10.2 Å². The molecule has 1 aliphatic heterocycles. The van der Waals surface area contributed by atoms with Crippen molar-refractivity contribution < 1.29 is 0 Å². The molecule has 1 saturated heterocycles. The van der Waals surface area contributed by atoms with E-state index in [1.807, 2.05) is 6.92 Å². The number of rotatable bonds is 2. The molecule has 74 valence electrons. The first-order chi connectivity index (χ1) is 6.34. The van der Waals surface area contributed by atoms with Gasteiger partial charge >= 0.3 is 0 Å². The van der Waals surface area contributed by atoms with Crippen molar-refractivity contribution in [3.8, 4) is 11.8 Å². The molecule has 1 unspecified atom stereocenters. The minimum atomic E-state index is 0.732. The van der Waals surface area contributed by atoms with Crippen LogP contribution in [0.2, 0.25) is 0 Å². The summed E-state index contributed by atoms with van der Waals surface area (Å²) >= 11 is 0. The van der Waals surface area contributed by atoms with Crippen molar-refractivity contribution in [2.45, 2.75) is 32.2 Å². The van der Waals surface area contributed by atoms with Crippen molar-refractivity contribution >= 4 is 0 Å². The lowest BCUT2D eigenvalue weighted by Gasteiger charge is -2.24. The normalized spacial score (nSPS) is 23.5. The van der Waals surface area contributed by atoms with Crippen molar-refractivity contribution in [3.63, 3.8) is 0 Å². The number of nitrogens with one attached hydrogen (secondary N) is 1. The summed E-state index contributed by atoms with van der Waals surface area (Å²) in [7, 11) is 2.18. The second-order valence-corrected chi connectivity index (χ2v) is 3.68. The van der Waals surface area contributed by atoms with E-state index >= 15 is 0 Å². The van der Waals surface area contributed by atoms with E-state index in [-0.39, 0.29) is 0 Å². The lowest BCUT2D eigenvalue weighted by molar-refractivity contribution is 0.250. The van der Waals surface area contributed by atoms with Crippen LogP contribution >= 0.6 is 0 Å². The van der Waals surface area contributed by atoms with Crippen LogP contribution in [0.15, 0.2) is 0 Å². The zero-order valence-electron chi connectivity index (χ0n) is 8.77. The molecule has 0 aliphatic carbocycles. The molecule has 1 heterocycles. The Morgan fingerprint density at radius 1 is 1.38 bits per heavy atom. The van der Waals surface area contributed by atoms with E-state index in [0.29, 0.717) is 0 Å². The van der Waals surface area contributed by atoms with Crippen LogP contribution in [0, 0.1) is 11.8 Å². The lowest BCUT2D eigenvalue weighted by Crippen LogP contribution is -2.32. The van der Waals surface area contributed by atoms with Gasteiger partial charge in [0.1, 0.15) is 0 Å². The molecule has 0 bridgehead atoms. The van der Waals surface area contributed by atoms with Crippen LogP contribution in [0.3, 0.4) is 0 Å². The fourth-order valence-electron chi connectivity index (χ4n) is 1.77. The first-order valence-electron chi connectivity index (χ1n) is 5.15. The highest BCUT2D eigenvalue weighted by molar-refractivity contribution is 4.98. The molecule has 0 amide bonds. The monoisotopic (exact) mass is 180 g/mol. The van der Waals surface area contributed by atoms with Gasteiger partial charge in [0, 0.05) is 6.04 Å². The van der Waals surface area contributed by atoms with Gasteiger partial charge in [0.15, 0.2) is 0 Å². The van der Waals surface area contributed by atoms with Gasteiger partial charge < -0.3 is 5.32 Å². The molecule has 1 fully saturated rings. The van der Waals surface area contributed by atoms with Gasteiger partial charge in [-0.15, -0.1) is 5.92 Å². The van der Waals surface area contributed by atoms with Crippen molar-refractivity contribution in [2.24, 2.45) is 0 Å². The summed E-state index contributed by atoms with van der Waals surface area (Å²) < 4.78 is 0. The van der Waals surface area contributed by atoms with Crippen LogP contribution in [0.5, 0.6) is 0 Å². The summed E-state index contributed by atoms with van der Waals surface area (Å²) in [6, 6.07) is 0.732. The highest BCUT2D eigenvalue weighted by Gasteiger charge is 2.15. The molecule has 1 N–H and O–H groups in total. The van der Waals surface area contributed by atoms with Crippen molar-refractivity contribution in [2.75, 3.05) is 26.7 Å². The Kier molecular flexibility index (Phi) is 4.88. The highest BCUT2D eigenvalue weighted by Crippen LogP contribution is 2.10. The summed E-state index contributed by atoms with van der Waals surface area (Å²) in [6.45, 7) is 5.17. The fraction of sp³-hybridized carbons (Fsp3) is 0.818. The zero-order chi connectivity index (χ0) is 9.52. The predicted molar refractivity (Wildman–Crippen MR) is 56.6 cm³/mol. The molecule has 0 radical (unpaired) electrons. The number of hydrogen-bond donors (Lipinski definition) is 1. The molecular formula is C11H20N2. The maximum absolute atomic E-state index is 3.43. The second-order valence-electron chi connectivity index (χ2n) is 3.68. The van der Waals surface area contributed by atoms with Gasteiger partial charge in [-0.1, -0.05) is 5.92 Å². The summed E-state index contributed by atoms with van der Waals surface area (Å²) in [5.41, 5.74) is 0. The van der Waals surface area contributed by atoms with E-state index in [1.54, 1.807) is 0 Å². The average molecular weight is 180 g/mol. The maximum atomic E-state index is 3.43. The number of nitrogens with zero attached hydrogens (tertiary/aromatic N) is 1. The fourth-order valence-corrected chi connectivity index (χ4v) is 1.77. The van der Waals surface area contributed by atoms with E-state index in [2.05, 4.69) is 29.1 Å². The third-order valence-corrected chi connectivity index (χ3v) is 2.67. The first kappa shape index (κ1) is 10.6. The Labute approximate surface area is 81.7 Å². The molecule has 1 atom stereocenters. The van der Waals surface area contributed by atoms with Gasteiger partial charge in [-0.05, 0) is 46.3 Å². The van der Waals surface area contributed by atoms with Crippen LogP contribution < -0.4 is 5.32 Å². The van der Waals surface area contributed by atoms with Gasteiger partial charge in [0.05, 0.1) is 6.54 Å².